The number of carbonyl (C=O) groups excluding carboxylic acids is 2. The van der Waals surface area contributed by atoms with Gasteiger partial charge in [-0.05, 0) is 36.1 Å². The summed E-state index contributed by atoms with van der Waals surface area (Å²) in [5, 5.41) is 4.43. The van der Waals surface area contributed by atoms with Gasteiger partial charge < -0.3 is 14.8 Å². The molecule has 0 spiro atoms. The molecule has 0 aliphatic rings. The van der Waals surface area contributed by atoms with E-state index in [2.05, 4.69) is 10.1 Å². The van der Waals surface area contributed by atoms with Gasteiger partial charge in [0.2, 0.25) is 0 Å². The van der Waals surface area contributed by atoms with Gasteiger partial charge in [0, 0.05) is 5.56 Å². The first kappa shape index (κ1) is 15.1. The molecule has 110 valence electrons. The molecule has 1 N–H and O–H groups in total. The third kappa shape index (κ3) is 3.22. The molecule has 1 aromatic heterocycles. The number of thiophene rings is 1. The van der Waals surface area contributed by atoms with E-state index in [4.69, 9.17) is 4.74 Å². The van der Waals surface area contributed by atoms with Crippen LogP contribution in [0.5, 0.6) is 5.75 Å². The van der Waals surface area contributed by atoms with Crippen LogP contribution in [-0.4, -0.2) is 26.1 Å². The standard InChI is InChI=1S/C15H15NO4S/c1-9-4-5-10(8-12(9)19-2)14(17)16-11-6-7-21-13(11)15(18)20-3/h4-8H,1-3H3,(H,16,17). The van der Waals surface area contributed by atoms with Crippen LogP contribution in [-0.2, 0) is 4.74 Å². The summed E-state index contributed by atoms with van der Waals surface area (Å²) >= 11 is 1.22. The van der Waals surface area contributed by atoms with E-state index in [0.29, 0.717) is 21.9 Å². The molecule has 2 rings (SSSR count). The monoisotopic (exact) mass is 305 g/mol. The van der Waals surface area contributed by atoms with Crippen LogP contribution in [0, 0.1) is 6.92 Å². The number of rotatable bonds is 4. The zero-order valence-electron chi connectivity index (χ0n) is 11.9. The number of hydrogen-bond donors (Lipinski definition) is 1. The molecule has 0 unspecified atom stereocenters. The average Bonchev–Trinajstić information content (AvgIpc) is 2.94. The Balaban J connectivity index is 2.22. The summed E-state index contributed by atoms with van der Waals surface area (Å²) in [4.78, 5) is 24.2. The Morgan fingerprint density at radius 3 is 2.62 bits per heavy atom. The smallest absolute Gasteiger partial charge is 0.350 e. The van der Waals surface area contributed by atoms with Crippen molar-refractivity contribution < 1.29 is 19.1 Å². The van der Waals surface area contributed by atoms with Crippen molar-refractivity contribution in [3.05, 3.63) is 45.6 Å². The van der Waals surface area contributed by atoms with Crippen molar-refractivity contribution >= 4 is 28.9 Å². The molecule has 0 atom stereocenters. The Labute approximate surface area is 126 Å². The van der Waals surface area contributed by atoms with E-state index in [1.54, 1.807) is 30.7 Å². The van der Waals surface area contributed by atoms with Crippen LogP contribution in [0.2, 0.25) is 0 Å². The van der Waals surface area contributed by atoms with Crippen molar-refractivity contribution in [1.29, 1.82) is 0 Å². The maximum atomic E-state index is 12.2. The van der Waals surface area contributed by atoms with E-state index in [0.717, 1.165) is 5.56 Å². The highest BCUT2D eigenvalue weighted by atomic mass is 32.1. The number of hydrogen-bond acceptors (Lipinski definition) is 5. The van der Waals surface area contributed by atoms with Crippen LogP contribution in [0.1, 0.15) is 25.6 Å². The lowest BCUT2D eigenvalue weighted by Crippen LogP contribution is -2.14. The van der Waals surface area contributed by atoms with Crippen LogP contribution in [0.3, 0.4) is 0 Å². The lowest BCUT2D eigenvalue weighted by atomic mass is 10.1. The molecule has 2 aromatic rings. The van der Waals surface area contributed by atoms with E-state index in [-0.39, 0.29) is 5.91 Å². The number of carbonyl (C=O) groups is 2. The molecule has 6 heteroatoms. The lowest BCUT2D eigenvalue weighted by molar-refractivity contribution is 0.0607. The van der Waals surface area contributed by atoms with Crippen molar-refractivity contribution in [2.45, 2.75) is 6.92 Å². The highest BCUT2D eigenvalue weighted by Crippen LogP contribution is 2.25. The Bertz CT molecular complexity index is 678. The Kier molecular flexibility index (Phi) is 4.59. The quantitative estimate of drug-likeness (QED) is 0.882. The van der Waals surface area contributed by atoms with Crippen molar-refractivity contribution in [2.75, 3.05) is 19.5 Å². The van der Waals surface area contributed by atoms with E-state index in [1.165, 1.54) is 18.4 Å². The van der Waals surface area contributed by atoms with Gasteiger partial charge in [0.05, 0.1) is 19.9 Å². The topological polar surface area (TPSA) is 64.6 Å². The molecule has 0 fully saturated rings. The molecule has 0 bridgehead atoms. The number of anilines is 1. The summed E-state index contributed by atoms with van der Waals surface area (Å²) in [6.07, 6.45) is 0. The predicted molar refractivity (Wildman–Crippen MR) is 81.3 cm³/mol. The second-order valence-electron chi connectivity index (χ2n) is 4.29. The summed E-state index contributed by atoms with van der Waals surface area (Å²) in [6.45, 7) is 1.90. The lowest BCUT2D eigenvalue weighted by Gasteiger charge is -2.08. The minimum absolute atomic E-state index is 0.308. The first-order valence-corrected chi connectivity index (χ1v) is 7.06. The van der Waals surface area contributed by atoms with Crippen LogP contribution in [0.25, 0.3) is 0 Å². The second kappa shape index (κ2) is 6.41. The molecule has 5 nitrogen and oxygen atoms in total. The Hall–Kier alpha value is -2.34. The summed E-state index contributed by atoms with van der Waals surface area (Å²) < 4.78 is 9.87. The largest absolute Gasteiger partial charge is 0.496 e. The highest BCUT2D eigenvalue weighted by Gasteiger charge is 2.16. The third-order valence-electron chi connectivity index (χ3n) is 2.95. The predicted octanol–water partition coefficient (Wildman–Crippen LogP) is 3.10. The van der Waals surface area contributed by atoms with Gasteiger partial charge in [0.15, 0.2) is 0 Å². The van der Waals surface area contributed by atoms with E-state index in [1.807, 2.05) is 13.0 Å². The summed E-state index contributed by atoms with van der Waals surface area (Å²) in [5.41, 5.74) is 1.84. The summed E-state index contributed by atoms with van der Waals surface area (Å²) in [6, 6.07) is 6.84. The molecular weight excluding hydrogens is 290 g/mol. The fourth-order valence-electron chi connectivity index (χ4n) is 1.81. The molecule has 1 aromatic carbocycles. The van der Waals surface area contributed by atoms with Crippen molar-refractivity contribution in [3.63, 3.8) is 0 Å². The van der Waals surface area contributed by atoms with Crippen molar-refractivity contribution in [2.24, 2.45) is 0 Å². The van der Waals surface area contributed by atoms with Gasteiger partial charge in [-0.25, -0.2) is 4.79 Å². The minimum atomic E-state index is -0.471. The molecule has 0 radical (unpaired) electrons. The minimum Gasteiger partial charge on any atom is -0.496 e. The highest BCUT2D eigenvalue weighted by molar-refractivity contribution is 7.12. The molecule has 0 aliphatic carbocycles. The summed E-state index contributed by atoms with van der Waals surface area (Å²) in [7, 11) is 2.86. The van der Waals surface area contributed by atoms with Crippen molar-refractivity contribution in [1.82, 2.24) is 0 Å². The van der Waals surface area contributed by atoms with Gasteiger partial charge in [-0.2, -0.15) is 0 Å². The first-order valence-electron chi connectivity index (χ1n) is 6.18. The van der Waals surface area contributed by atoms with Crippen LogP contribution >= 0.6 is 11.3 Å². The zero-order valence-corrected chi connectivity index (χ0v) is 12.7. The molecular formula is C15H15NO4S. The van der Waals surface area contributed by atoms with Gasteiger partial charge in [-0.1, -0.05) is 6.07 Å². The number of ether oxygens (including phenoxy) is 2. The second-order valence-corrected chi connectivity index (χ2v) is 5.21. The number of amides is 1. The Morgan fingerprint density at radius 1 is 1.19 bits per heavy atom. The molecule has 0 saturated heterocycles. The molecule has 21 heavy (non-hydrogen) atoms. The zero-order chi connectivity index (χ0) is 15.4. The number of esters is 1. The number of benzene rings is 1. The van der Waals surface area contributed by atoms with Crippen molar-refractivity contribution in [3.8, 4) is 5.75 Å². The molecule has 1 heterocycles. The normalized spacial score (nSPS) is 10.0. The van der Waals surface area contributed by atoms with E-state index in [9.17, 15) is 9.59 Å². The average molecular weight is 305 g/mol. The number of nitrogens with one attached hydrogen (secondary N) is 1. The number of aryl methyl sites for hydroxylation is 1. The fraction of sp³-hybridized carbons (Fsp3) is 0.200. The van der Waals surface area contributed by atoms with Gasteiger partial charge in [-0.15, -0.1) is 11.3 Å². The SMILES string of the molecule is COC(=O)c1sccc1NC(=O)c1ccc(C)c(OC)c1. The number of methoxy groups -OCH3 is 2. The molecule has 1 amide bonds. The summed E-state index contributed by atoms with van der Waals surface area (Å²) in [5.74, 6) is -0.139. The van der Waals surface area contributed by atoms with Gasteiger partial charge in [0.1, 0.15) is 10.6 Å². The van der Waals surface area contributed by atoms with Gasteiger partial charge >= 0.3 is 5.97 Å². The Morgan fingerprint density at radius 2 is 1.95 bits per heavy atom. The molecule has 0 aliphatic heterocycles. The third-order valence-corrected chi connectivity index (χ3v) is 3.85. The first-order chi connectivity index (χ1) is 10.1. The van der Waals surface area contributed by atoms with E-state index < -0.39 is 5.97 Å². The van der Waals surface area contributed by atoms with Crippen LogP contribution in [0.4, 0.5) is 5.69 Å². The van der Waals surface area contributed by atoms with E-state index >= 15 is 0 Å². The molecule has 0 saturated carbocycles. The van der Waals surface area contributed by atoms with Crippen LogP contribution < -0.4 is 10.1 Å². The van der Waals surface area contributed by atoms with Gasteiger partial charge in [-0.3, -0.25) is 4.79 Å². The maximum absolute atomic E-state index is 12.2. The van der Waals surface area contributed by atoms with Crippen LogP contribution in [0.15, 0.2) is 29.6 Å². The fourth-order valence-corrected chi connectivity index (χ4v) is 2.58. The van der Waals surface area contributed by atoms with Gasteiger partial charge in [0.25, 0.3) is 5.91 Å². The maximum Gasteiger partial charge on any atom is 0.350 e.